The molecule has 0 fully saturated rings. The molecular weight excluding hydrogens is 556 g/mol. The highest BCUT2D eigenvalue weighted by atomic mass is 79.9. The molecule has 0 saturated carbocycles. The molecule has 180 valence electrons. The molecule has 0 aliphatic carbocycles. The Morgan fingerprint density at radius 2 is 1.68 bits per heavy atom. The number of aromatic nitrogens is 2. The topological polar surface area (TPSA) is 84.0 Å². The number of nitrogens with zero attached hydrogens (tertiary/aromatic N) is 1. The lowest BCUT2D eigenvalue weighted by atomic mass is 10.1. The minimum absolute atomic E-state index is 0.0466. The summed E-state index contributed by atoms with van der Waals surface area (Å²) in [5, 5.41) is 2.06. The molecule has 4 rings (SSSR count). The van der Waals surface area contributed by atoms with Gasteiger partial charge in [0, 0.05) is 27.2 Å². The molecule has 1 atom stereocenters. The zero-order valence-electron chi connectivity index (χ0n) is 16.6. The van der Waals surface area contributed by atoms with Crippen molar-refractivity contribution in [3.05, 3.63) is 66.6 Å². The van der Waals surface area contributed by atoms with Gasteiger partial charge >= 0.3 is 23.5 Å². The number of halogens is 7. The fraction of sp³-hybridized carbons (Fsp3) is 0.250. The Kier molecular flexibility index (Phi) is 6.09. The van der Waals surface area contributed by atoms with Crippen LogP contribution in [0.2, 0.25) is 0 Å². The Morgan fingerprint density at radius 3 is 2.26 bits per heavy atom. The van der Waals surface area contributed by atoms with E-state index in [0.29, 0.717) is 32.5 Å². The van der Waals surface area contributed by atoms with Crippen molar-refractivity contribution in [3.63, 3.8) is 0 Å². The predicted octanol–water partition coefficient (Wildman–Crippen LogP) is 5.17. The zero-order chi connectivity index (χ0) is 25.0. The van der Waals surface area contributed by atoms with Crippen LogP contribution in [0.25, 0.3) is 11.0 Å². The lowest BCUT2D eigenvalue weighted by molar-refractivity contribution is -0.143. The van der Waals surface area contributed by atoms with Crippen molar-refractivity contribution in [2.45, 2.75) is 29.7 Å². The molecule has 0 radical (unpaired) electrons. The molecule has 1 aliphatic rings. The summed E-state index contributed by atoms with van der Waals surface area (Å²) < 4.78 is 80.2. The van der Waals surface area contributed by atoms with Crippen LogP contribution in [0, 0.1) is 0 Å². The normalized spacial score (nSPS) is 16.0. The van der Waals surface area contributed by atoms with Crippen LogP contribution in [-0.2, 0) is 17.1 Å². The quantitative estimate of drug-likeness (QED) is 0.338. The first-order chi connectivity index (χ1) is 15.7. The number of H-pyrrole nitrogens is 1. The van der Waals surface area contributed by atoms with Crippen molar-refractivity contribution in [1.82, 2.24) is 9.55 Å². The van der Waals surface area contributed by atoms with Gasteiger partial charge in [-0.05, 0) is 30.3 Å². The summed E-state index contributed by atoms with van der Waals surface area (Å²) in [6.45, 7) is 0. The van der Waals surface area contributed by atoms with Crippen LogP contribution in [-0.4, -0.2) is 21.2 Å². The number of hydrogen-bond donors (Lipinski definition) is 2. The summed E-state index contributed by atoms with van der Waals surface area (Å²) in [5.74, 6) is -0.745. The van der Waals surface area contributed by atoms with E-state index in [1.165, 1.54) is 11.8 Å². The summed E-state index contributed by atoms with van der Waals surface area (Å²) in [6, 6.07) is 3.18. The van der Waals surface area contributed by atoms with Crippen molar-refractivity contribution in [3.8, 4) is 0 Å². The summed E-state index contributed by atoms with van der Waals surface area (Å²) in [4.78, 5) is 40.4. The van der Waals surface area contributed by atoms with Crippen molar-refractivity contribution in [1.29, 1.82) is 0 Å². The van der Waals surface area contributed by atoms with Gasteiger partial charge in [0.25, 0.3) is 0 Å². The smallest absolute Gasteiger partial charge is 0.326 e. The number of benzene rings is 2. The molecule has 3 aromatic rings. The van der Waals surface area contributed by atoms with Gasteiger partial charge in [-0.25, -0.2) is 0 Å². The minimum Gasteiger partial charge on any atom is -0.326 e. The van der Waals surface area contributed by atoms with Crippen LogP contribution >= 0.6 is 27.7 Å². The first kappa shape index (κ1) is 24.4. The van der Waals surface area contributed by atoms with E-state index in [2.05, 4.69) is 26.2 Å². The number of rotatable bonds is 3. The zero-order valence-corrected chi connectivity index (χ0v) is 19.0. The average molecular weight is 568 g/mol. The Hall–Kier alpha value is -2.74. The highest BCUT2D eigenvalue weighted by Crippen LogP contribution is 2.39. The molecule has 2 aromatic carbocycles. The molecule has 1 aliphatic heterocycles. The average Bonchev–Trinajstić information content (AvgIpc) is 2.71. The molecule has 2 N–H and O–H groups in total. The van der Waals surface area contributed by atoms with Gasteiger partial charge in [-0.15, -0.1) is 11.8 Å². The van der Waals surface area contributed by atoms with Crippen molar-refractivity contribution < 1.29 is 31.1 Å². The maximum Gasteiger partial charge on any atom is 0.416 e. The maximum atomic E-state index is 13.1. The Bertz CT molecular complexity index is 1400. The SMILES string of the molecule is O=C(CC1CSc2cc(Br)cc3[nH]c(=O)c(=O)n1c23)Nc1cc(C(F)(F)F)cc(C(F)(F)F)c1. The van der Waals surface area contributed by atoms with E-state index in [0.717, 1.165) is 4.57 Å². The number of nitrogens with one attached hydrogen (secondary N) is 2. The molecule has 14 heteroatoms. The van der Waals surface area contributed by atoms with Gasteiger partial charge in [-0.2, -0.15) is 26.3 Å². The number of thioether (sulfide) groups is 1. The van der Waals surface area contributed by atoms with Crippen LogP contribution in [0.15, 0.2) is 49.3 Å². The summed E-state index contributed by atoms with van der Waals surface area (Å²) >= 11 is 4.59. The molecule has 1 aromatic heterocycles. The van der Waals surface area contributed by atoms with E-state index in [4.69, 9.17) is 0 Å². The number of anilines is 1. The number of carbonyl (C=O) groups excluding carboxylic acids is 1. The highest BCUT2D eigenvalue weighted by Gasteiger charge is 2.37. The fourth-order valence-corrected chi connectivity index (χ4v) is 5.43. The molecular formula is C20H12BrF6N3O3S. The third-order valence-electron chi connectivity index (χ3n) is 5.03. The number of amides is 1. The van der Waals surface area contributed by atoms with Crippen molar-refractivity contribution in [2.75, 3.05) is 11.1 Å². The van der Waals surface area contributed by atoms with E-state index in [-0.39, 0.29) is 11.8 Å². The lowest BCUT2D eigenvalue weighted by Crippen LogP contribution is -2.41. The maximum absolute atomic E-state index is 13.1. The second-order valence-electron chi connectivity index (χ2n) is 7.44. The predicted molar refractivity (Wildman–Crippen MR) is 116 cm³/mol. The van der Waals surface area contributed by atoms with E-state index in [1.54, 1.807) is 12.1 Å². The third kappa shape index (κ3) is 4.73. The Balaban J connectivity index is 1.68. The van der Waals surface area contributed by atoms with Crippen LogP contribution in [0.3, 0.4) is 0 Å². The first-order valence-electron chi connectivity index (χ1n) is 9.44. The highest BCUT2D eigenvalue weighted by molar-refractivity contribution is 9.10. The second kappa shape index (κ2) is 8.48. The monoisotopic (exact) mass is 567 g/mol. The summed E-state index contributed by atoms with van der Waals surface area (Å²) in [5.41, 5.74) is -4.98. The molecule has 0 bridgehead atoms. The van der Waals surface area contributed by atoms with Crippen LogP contribution in [0.5, 0.6) is 0 Å². The summed E-state index contributed by atoms with van der Waals surface area (Å²) in [7, 11) is 0. The van der Waals surface area contributed by atoms with Crippen molar-refractivity contribution >= 4 is 50.3 Å². The van der Waals surface area contributed by atoms with E-state index >= 15 is 0 Å². The van der Waals surface area contributed by atoms with Gasteiger partial charge in [0.15, 0.2) is 0 Å². The molecule has 1 unspecified atom stereocenters. The molecule has 34 heavy (non-hydrogen) atoms. The summed E-state index contributed by atoms with van der Waals surface area (Å²) in [6.07, 6.45) is -10.6. The van der Waals surface area contributed by atoms with E-state index < -0.39 is 58.7 Å². The molecule has 0 spiro atoms. The Labute approximate surface area is 198 Å². The third-order valence-corrected chi connectivity index (χ3v) is 6.66. The van der Waals surface area contributed by atoms with Gasteiger partial charge in [0.1, 0.15) is 0 Å². The van der Waals surface area contributed by atoms with Gasteiger partial charge in [0.05, 0.1) is 28.2 Å². The van der Waals surface area contributed by atoms with Crippen LogP contribution in [0.1, 0.15) is 23.6 Å². The molecule has 1 amide bonds. The molecule has 0 saturated heterocycles. The first-order valence-corrected chi connectivity index (χ1v) is 11.2. The van der Waals surface area contributed by atoms with Gasteiger partial charge in [0.2, 0.25) is 5.91 Å². The fourth-order valence-electron chi connectivity index (χ4n) is 3.63. The van der Waals surface area contributed by atoms with Gasteiger partial charge in [-0.1, -0.05) is 15.9 Å². The van der Waals surface area contributed by atoms with Gasteiger partial charge < -0.3 is 10.3 Å². The van der Waals surface area contributed by atoms with Crippen LogP contribution < -0.4 is 16.4 Å². The largest absolute Gasteiger partial charge is 0.416 e. The molecule has 6 nitrogen and oxygen atoms in total. The standard InChI is InChI=1S/C20H12BrF6N3O3S/c21-10-4-13-16-14(5-10)34-7-12(30(16)18(33)17(32)29-13)6-15(31)28-11-2-8(19(22,23)24)1-9(3-11)20(25,26)27/h1-5,12H,6-7H2,(H,28,31)(H,29,32). The van der Waals surface area contributed by atoms with Crippen molar-refractivity contribution in [2.24, 2.45) is 0 Å². The number of aromatic amines is 1. The second-order valence-corrected chi connectivity index (χ2v) is 9.42. The Morgan fingerprint density at radius 1 is 1.06 bits per heavy atom. The molecule has 2 heterocycles. The number of hydrogen-bond acceptors (Lipinski definition) is 4. The number of carbonyl (C=O) groups is 1. The van der Waals surface area contributed by atoms with Gasteiger partial charge in [-0.3, -0.25) is 19.0 Å². The van der Waals surface area contributed by atoms with E-state index in [9.17, 15) is 40.7 Å². The number of alkyl halides is 6. The van der Waals surface area contributed by atoms with E-state index in [1.807, 2.05) is 0 Å². The van der Waals surface area contributed by atoms with Crippen LogP contribution in [0.4, 0.5) is 32.0 Å². The minimum atomic E-state index is -5.07. The lowest BCUT2D eigenvalue weighted by Gasteiger charge is -2.27.